The Morgan fingerprint density at radius 3 is 1.25 bits per heavy atom. The molecule has 0 unspecified atom stereocenters. The van der Waals surface area contributed by atoms with Gasteiger partial charge in [-0.25, -0.2) is 8.78 Å². The molecule has 1 aliphatic rings. The van der Waals surface area contributed by atoms with Gasteiger partial charge in [0.05, 0.1) is 0 Å². The van der Waals surface area contributed by atoms with Crippen LogP contribution in [0, 0.1) is 11.6 Å². The first-order chi connectivity index (χ1) is 13.5. The number of hydrogen-bond acceptors (Lipinski definition) is 4. The summed E-state index contributed by atoms with van der Waals surface area (Å²) in [6.07, 6.45) is 0. The topological polar surface area (TPSA) is 58.2 Å². The number of Topliss-reactive ketones (excluding diaryl/α,β-unsaturated/α-hetero) is 2. The molecule has 0 aromatic heterocycles. The molecule has 0 saturated carbocycles. The minimum Gasteiger partial charge on any atom is -0.350 e. The quantitative estimate of drug-likeness (QED) is 0.688. The van der Waals surface area contributed by atoms with E-state index in [0.29, 0.717) is 11.4 Å². The Morgan fingerprint density at radius 1 is 0.536 bits per heavy atom. The van der Waals surface area contributed by atoms with Crippen LogP contribution < -0.4 is 10.6 Å². The molecule has 1 aliphatic carbocycles. The molecule has 0 spiro atoms. The van der Waals surface area contributed by atoms with E-state index >= 15 is 0 Å². The van der Waals surface area contributed by atoms with Crippen LogP contribution in [0.3, 0.4) is 0 Å². The molecule has 0 atom stereocenters. The Balaban J connectivity index is 1.80. The number of carbonyl (C=O) groups is 2. The van der Waals surface area contributed by atoms with Crippen LogP contribution in [0.15, 0.2) is 84.2 Å². The molecule has 0 amide bonds. The predicted octanol–water partition coefficient (Wildman–Crippen LogP) is 4.78. The van der Waals surface area contributed by atoms with Crippen LogP contribution in [0.25, 0.3) is 0 Å². The van der Waals surface area contributed by atoms with Crippen molar-refractivity contribution in [2.24, 2.45) is 0 Å². The highest BCUT2D eigenvalue weighted by Gasteiger charge is 2.32. The molecule has 4 rings (SSSR count). The first-order valence-corrected chi connectivity index (χ1v) is 8.51. The molecule has 6 heteroatoms. The standard InChI is InChI=1S/C22H14F2N2O2/c23-13-5-9-15(10-6-13)25-19-20(26-16-11-7-14(24)8-12-16)22(28)18-4-2-1-3-17(18)21(19)27/h1-12,25-26H. The van der Waals surface area contributed by atoms with E-state index in [4.69, 9.17) is 0 Å². The van der Waals surface area contributed by atoms with Crippen LogP contribution in [0.5, 0.6) is 0 Å². The zero-order valence-corrected chi connectivity index (χ0v) is 14.5. The fraction of sp³-hybridized carbons (Fsp3) is 0. The minimum absolute atomic E-state index is 0.0413. The van der Waals surface area contributed by atoms with E-state index in [1.807, 2.05) is 0 Å². The van der Waals surface area contributed by atoms with Gasteiger partial charge in [0.15, 0.2) is 0 Å². The second-order valence-electron chi connectivity index (χ2n) is 6.22. The normalized spacial score (nSPS) is 13.4. The van der Waals surface area contributed by atoms with Gasteiger partial charge in [0, 0.05) is 22.5 Å². The average molecular weight is 376 g/mol. The number of ketones is 2. The maximum atomic E-state index is 13.2. The van der Waals surface area contributed by atoms with E-state index in [9.17, 15) is 18.4 Å². The summed E-state index contributed by atoms with van der Waals surface area (Å²) in [5.41, 5.74) is 1.55. The molecule has 3 aromatic rings. The molecule has 0 fully saturated rings. The molecule has 3 aromatic carbocycles. The lowest BCUT2D eigenvalue weighted by Crippen LogP contribution is -2.29. The van der Waals surface area contributed by atoms with Crippen molar-refractivity contribution in [2.75, 3.05) is 10.6 Å². The highest BCUT2D eigenvalue weighted by Crippen LogP contribution is 2.28. The zero-order valence-electron chi connectivity index (χ0n) is 14.5. The number of rotatable bonds is 4. The highest BCUT2D eigenvalue weighted by molar-refractivity contribution is 6.28. The van der Waals surface area contributed by atoms with Crippen molar-refractivity contribution in [1.29, 1.82) is 0 Å². The Labute approximate surface area is 159 Å². The number of benzene rings is 3. The summed E-state index contributed by atoms with van der Waals surface area (Å²) in [5, 5.41) is 5.83. The van der Waals surface area contributed by atoms with Crippen LogP contribution in [-0.4, -0.2) is 11.6 Å². The first kappa shape index (κ1) is 17.6. The smallest absolute Gasteiger partial charge is 0.212 e. The number of halogens is 2. The van der Waals surface area contributed by atoms with Crippen molar-refractivity contribution < 1.29 is 18.4 Å². The second-order valence-corrected chi connectivity index (χ2v) is 6.22. The maximum absolute atomic E-state index is 13.2. The lowest BCUT2D eigenvalue weighted by molar-refractivity contribution is 0.0977. The summed E-state index contributed by atoms with van der Waals surface area (Å²) < 4.78 is 26.4. The molecule has 0 radical (unpaired) electrons. The lowest BCUT2D eigenvalue weighted by Gasteiger charge is -2.23. The molecular weight excluding hydrogens is 362 g/mol. The predicted molar refractivity (Wildman–Crippen MR) is 102 cm³/mol. The summed E-state index contributed by atoms with van der Waals surface area (Å²) in [5.74, 6) is -1.57. The summed E-state index contributed by atoms with van der Waals surface area (Å²) in [6.45, 7) is 0. The average Bonchev–Trinajstić information content (AvgIpc) is 2.71. The summed E-state index contributed by atoms with van der Waals surface area (Å²) in [7, 11) is 0. The van der Waals surface area contributed by atoms with Gasteiger partial charge in [-0.15, -0.1) is 0 Å². The van der Waals surface area contributed by atoms with E-state index < -0.39 is 11.6 Å². The molecule has 0 saturated heterocycles. The lowest BCUT2D eigenvalue weighted by atomic mass is 9.90. The van der Waals surface area contributed by atoms with Gasteiger partial charge in [-0.3, -0.25) is 9.59 Å². The van der Waals surface area contributed by atoms with Crippen LogP contribution in [-0.2, 0) is 0 Å². The summed E-state index contributed by atoms with van der Waals surface area (Å²) in [6, 6.07) is 17.4. The van der Waals surface area contributed by atoms with Crippen molar-refractivity contribution in [1.82, 2.24) is 0 Å². The monoisotopic (exact) mass is 376 g/mol. The van der Waals surface area contributed by atoms with Crippen molar-refractivity contribution >= 4 is 22.9 Å². The minimum atomic E-state index is -0.416. The fourth-order valence-electron chi connectivity index (χ4n) is 2.97. The number of nitrogens with one attached hydrogen (secondary N) is 2. The number of carbonyl (C=O) groups excluding carboxylic acids is 2. The first-order valence-electron chi connectivity index (χ1n) is 8.51. The second kappa shape index (κ2) is 7.08. The molecule has 0 bridgehead atoms. The molecular formula is C22H14F2N2O2. The van der Waals surface area contributed by atoms with Crippen LogP contribution in [0.4, 0.5) is 20.2 Å². The third-order valence-electron chi connectivity index (χ3n) is 4.35. The largest absolute Gasteiger partial charge is 0.350 e. The number of fused-ring (bicyclic) bond motifs is 1. The van der Waals surface area contributed by atoms with E-state index in [0.717, 1.165) is 0 Å². The third-order valence-corrected chi connectivity index (χ3v) is 4.35. The van der Waals surface area contributed by atoms with Crippen molar-refractivity contribution in [3.05, 3.63) is 107 Å². The SMILES string of the molecule is O=C1C(Nc2ccc(F)cc2)=C(Nc2ccc(F)cc2)C(=O)c2ccccc21. The van der Waals surface area contributed by atoms with Gasteiger partial charge in [-0.05, 0) is 48.5 Å². The van der Waals surface area contributed by atoms with E-state index in [2.05, 4.69) is 10.6 Å². The van der Waals surface area contributed by atoms with Crippen LogP contribution >= 0.6 is 0 Å². The van der Waals surface area contributed by atoms with E-state index in [1.54, 1.807) is 24.3 Å². The third kappa shape index (κ3) is 3.27. The zero-order chi connectivity index (χ0) is 19.7. The van der Waals surface area contributed by atoms with Crippen LogP contribution in [0.1, 0.15) is 20.7 Å². The highest BCUT2D eigenvalue weighted by atomic mass is 19.1. The van der Waals surface area contributed by atoms with Crippen molar-refractivity contribution in [3.63, 3.8) is 0 Å². The maximum Gasteiger partial charge on any atom is 0.212 e. The van der Waals surface area contributed by atoms with Gasteiger partial charge in [-0.1, -0.05) is 24.3 Å². The van der Waals surface area contributed by atoms with Gasteiger partial charge in [0.1, 0.15) is 23.0 Å². The van der Waals surface area contributed by atoms with Gasteiger partial charge in [0.25, 0.3) is 0 Å². The van der Waals surface area contributed by atoms with Crippen molar-refractivity contribution in [3.8, 4) is 0 Å². The van der Waals surface area contributed by atoms with Gasteiger partial charge in [0.2, 0.25) is 11.6 Å². The number of anilines is 2. The molecule has 138 valence electrons. The fourth-order valence-corrected chi connectivity index (χ4v) is 2.97. The Morgan fingerprint density at radius 2 is 0.893 bits per heavy atom. The number of allylic oxidation sites excluding steroid dienone is 2. The Hall–Kier alpha value is -3.80. The molecule has 0 heterocycles. The number of hydrogen-bond donors (Lipinski definition) is 2. The molecule has 0 aliphatic heterocycles. The van der Waals surface area contributed by atoms with Crippen molar-refractivity contribution in [2.45, 2.75) is 0 Å². The molecule has 4 nitrogen and oxygen atoms in total. The Bertz CT molecular complexity index is 1020. The summed E-state index contributed by atoms with van der Waals surface area (Å²) >= 11 is 0. The summed E-state index contributed by atoms with van der Waals surface area (Å²) in [4.78, 5) is 26.1. The van der Waals surface area contributed by atoms with Gasteiger partial charge < -0.3 is 10.6 Å². The molecule has 28 heavy (non-hydrogen) atoms. The van der Waals surface area contributed by atoms with Gasteiger partial charge >= 0.3 is 0 Å². The van der Waals surface area contributed by atoms with Gasteiger partial charge in [-0.2, -0.15) is 0 Å². The molecule has 2 N–H and O–H groups in total. The van der Waals surface area contributed by atoms with E-state index in [-0.39, 0.29) is 34.1 Å². The Kier molecular flexibility index (Phi) is 4.45. The van der Waals surface area contributed by atoms with E-state index in [1.165, 1.54) is 48.5 Å². The van der Waals surface area contributed by atoms with Crippen LogP contribution in [0.2, 0.25) is 0 Å².